The SMILES string of the molecule is Cc1c(Cl)cc(C(C)n2nc(C)c3c(N)cncc32)c2c1CN(C1CCC1)CCO2. The van der Waals surface area contributed by atoms with Crippen LogP contribution < -0.4 is 10.5 Å². The van der Waals surface area contributed by atoms with Crippen molar-refractivity contribution in [2.24, 2.45) is 0 Å². The number of nitrogens with two attached hydrogens (primary N) is 1. The van der Waals surface area contributed by atoms with Crippen molar-refractivity contribution in [3.63, 3.8) is 0 Å². The number of hydrogen-bond acceptors (Lipinski definition) is 5. The second-order valence-electron chi connectivity index (χ2n) is 8.61. The van der Waals surface area contributed by atoms with Crippen LogP contribution in [0.15, 0.2) is 18.5 Å². The molecule has 2 aromatic heterocycles. The van der Waals surface area contributed by atoms with Gasteiger partial charge in [-0.1, -0.05) is 18.0 Å². The van der Waals surface area contributed by atoms with E-state index >= 15 is 0 Å². The number of hydrogen-bond donors (Lipinski definition) is 1. The number of benzene rings is 1. The van der Waals surface area contributed by atoms with Crippen LogP contribution in [-0.4, -0.2) is 38.9 Å². The minimum Gasteiger partial charge on any atom is -0.492 e. The van der Waals surface area contributed by atoms with E-state index in [0.29, 0.717) is 18.3 Å². The van der Waals surface area contributed by atoms with E-state index < -0.39 is 0 Å². The van der Waals surface area contributed by atoms with E-state index in [1.807, 2.05) is 23.9 Å². The van der Waals surface area contributed by atoms with Crippen LogP contribution in [0.5, 0.6) is 5.75 Å². The summed E-state index contributed by atoms with van der Waals surface area (Å²) in [5.74, 6) is 0.962. The molecule has 1 unspecified atom stereocenters. The zero-order valence-corrected chi connectivity index (χ0v) is 18.5. The first-order valence-corrected chi connectivity index (χ1v) is 11.1. The van der Waals surface area contributed by atoms with Gasteiger partial charge in [-0.25, -0.2) is 0 Å². The van der Waals surface area contributed by atoms with Gasteiger partial charge in [-0.05, 0) is 45.2 Å². The first-order valence-electron chi connectivity index (χ1n) is 10.7. The normalized spacial score (nSPS) is 18.5. The van der Waals surface area contributed by atoms with Gasteiger partial charge in [-0.2, -0.15) is 5.10 Å². The maximum absolute atomic E-state index is 6.72. The molecule has 0 radical (unpaired) electrons. The van der Waals surface area contributed by atoms with Gasteiger partial charge in [0.15, 0.2) is 0 Å². The summed E-state index contributed by atoms with van der Waals surface area (Å²) < 4.78 is 8.36. The summed E-state index contributed by atoms with van der Waals surface area (Å²) in [4.78, 5) is 6.85. The summed E-state index contributed by atoms with van der Waals surface area (Å²) in [6.07, 6.45) is 7.40. The van der Waals surface area contributed by atoms with Gasteiger partial charge in [0.25, 0.3) is 0 Å². The fraction of sp³-hybridized carbons (Fsp3) is 0.478. The van der Waals surface area contributed by atoms with Gasteiger partial charge in [0.1, 0.15) is 12.4 Å². The molecule has 0 saturated heterocycles. The van der Waals surface area contributed by atoms with Crippen LogP contribution in [0.2, 0.25) is 5.02 Å². The van der Waals surface area contributed by atoms with Gasteiger partial charge in [0, 0.05) is 40.7 Å². The van der Waals surface area contributed by atoms with Gasteiger partial charge >= 0.3 is 0 Å². The summed E-state index contributed by atoms with van der Waals surface area (Å²) in [5, 5.41) is 6.54. The Morgan fingerprint density at radius 1 is 1.27 bits per heavy atom. The molecular formula is C23H28ClN5O. The monoisotopic (exact) mass is 425 g/mol. The van der Waals surface area contributed by atoms with Crippen molar-refractivity contribution >= 4 is 28.2 Å². The van der Waals surface area contributed by atoms with Gasteiger partial charge in [0.05, 0.1) is 35.3 Å². The molecular weight excluding hydrogens is 398 g/mol. The molecule has 0 bridgehead atoms. The molecule has 0 spiro atoms. The fourth-order valence-corrected chi connectivity index (χ4v) is 5.04. The Bertz CT molecular complexity index is 1120. The summed E-state index contributed by atoms with van der Waals surface area (Å²) in [5.41, 5.74) is 12.0. The largest absolute Gasteiger partial charge is 0.492 e. The van der Waals surface area contributed by atoms with Crippen molar-refractivity contribution in [3.05, 3.63) is 45.9 Å². The number of fused-ring (bicyclic) bond motifs is 2. The standard InChI is InChI=1S/C23H28ClN5O/c1-13-18-12-28(16-5-4-6-16)7-8-30-23(18)17(9-19(13)24)15(3)29-21-11-26-10-20(25)22(21)14(2)27-29/h9-11,15-16H,4-8,12,25H2,1-3H3. The van der Waals surface area contributed by atoms with E-state index in [4.69, 9.17) is 27.2 Å². The molecule has 1 fully saturated rings. The van der Waals surface area contributed by atoms with Crippen LogP contribution in [0.4, 0.5) is 5.69 Å². The molecule has 2 aliphatic rings. The zero-order valence-electron chi connectivity index (χ0n) is 17.8. The minimum atomic E-state index is -0.0631. The van der Waals surface area contributed by atoms with Crippen molar-refractivity contribution in [3.8, 4) is 5.75 Å². The van der Waals surface area contributed by atoms with Crippen molar-refractivity contribution < 1.29 is 4.74 Å². The van der Waals surface area contributed by atoms with Crippen LogP contribution in [0.3, 0.4) is 0 Å². The highest BCUT2D eigenvalue weighted by molar-refractivity contribution is 6.31. The predicted octanol–water partition coefficient (Wildman–Crippen LogP) is 4.64. The molecule has 3 heterocycles. The molecule has 2 N–H and O–H groups in total. The topological polar surface area (TPSA) is 69.2 Å². The quantitative estimate of drug-likeness (QED) is 0.662. The number of aromatic nitrogens is 3. The van der Waals surface area contributed by atoms with Gasteiger partial charge < -0.3 is 10.5 Å². The second-order valence-corrected chi connectivity index (χ2v) is 9.02. The Kier molecular flexibility index (Phi) is 4.86. The van der Waals surface area contributed by atoms with Gasteiger partial charge in [-0.15, -0.1) is 0 Å². The number of aryl methyl sites for hydroxylation is 1. The Morgan fingerprint density at radius 3 is 2.80 bits per heavy atom. The number of nitrogens with zero attached hydrogens (tertiary/aromatic N) is 4. The lowest BCUT2D eigenvalue weighted by molar-refractivity contribution is 0.111. The minimum absolute atomic E-state index is 0.0631. The summed E-state index contributed by atoms with van der Waals surface area (Å²) in [6, 6.07) is 2.65. The number of anilines is 1. The molecule has 1 aliphatic heterocycles. The van der Waals surface area contributed by atoms with E-state index in [9.17, 15) is 0 Å². The van der Waals surface area contributed by atoms with E-state index in [1.54, 1.807) is 6.20 Å². The third kappa shape index (κ3) is 3.05. The van der Waals surface area contributed by atoms with Gasteiger partial charge in [-0.3, -0.25) is 14.6 Å². The van der Waals surface area contributed by atoms with E-state index in [2.05, 4.69) is 23.7 Å². The highest BCUT2D eigenvalue weighted by Crippen LogP contribution is 2.41. The molecule has 1 saturated carbocycles. The third-order valence-electron chi connectivity index (χ3n) is 6.85. The van der Waals surface area contributed by atoms with Crippen molar-refractivity contribution in [2.75, 3.05) is 18.9 Å². The number of ether oxygens (including phenoxy) is 1. The van der Waals surface area contributed by atoms with Crippen LogP contribution in [-0.2, 0) is 6.54 Å². The summed E-state index contributed by atoms with van der Waals surface area (Å²) in [6.45, 7) is 8.75. The lowest BCUT2D eigenvalue weighted by atomic mass is 9.90. The number of pyridine rings is 1. The first kappa shape index (κ1) is 19.6. The van der Waals surface area contributed by atoms with Crippen LogP contribution >= 0.6 is 11.6 Å². The third-order valence-corrected chi connectivity index (χ3v) is 7.24. The Hall–Kier alpha value is -2.31. The average Bonchev–Trinajstić information content (AvgIpc) is 2.88. The summed E-state index contributed by atoms with van der Waals surface area (Å²) >= 11 is 6.72. The van der Waals surface area contributed by atoms with E-state index in [-0.39, 0.29) is 6.04 Å². The Balaban J connectivity index is 1.62. The van der Waals surface area contributed by atoms with Crippen LogP contribution in [0.25, 0.3) is 10.9 Å². The molecule has 0 amide bonds. The molecule has 1 atom stereocenters. The molecule has 5 rings (SSSR count). The number of rotatable bonds is 3. The number of halogens is 1. The highest BCUT2D eigenvalue weighted by atomic mass is 35.5. The highest BCUT2D eigenvalue weighted by Gasteiger charge is 2.31. The lowest BCUT2D eigenvalue weighted by Crippen LogP contribution is -2.40. The number of nitrogen functional groups attached to an aromatic ring is 1. The second kappa shape index (κ2) is 7.43. The van der Waals surface area contributed by atoms with Crippen molar-refractivity contribution in [1.29, 1.82) is 0 Å². The molecule has 7 heteroatoms. The van der Waals surface area contributed by atoms with Gasteiger partial charge in [0.2, 0.25) is 0 Å². The molecule has 6 nitrogen and oxygen atoms in total. The average molecular weight is 426 g/mol. The maximum atomic E-state index is 6.72. The fourth-order valence-electron chi connectivity index (χ4n) is 4.81. The molecule has 158 valence electrons. The Labute approximate surface area is 182 Å². The summed E-state index contributed by atoms with van der Waals surface area (Å²) in [7, 11) is 0. The molecule has 1 aliphatic carbocycles. The van der Waals surface area contributed by atoms with E-state index in [0.717, 1.165) is 51.6 Å². The Morgan fingerprint density at radius 2 is 2.07 bits per heavy atom. The first-order chi connectivity index (χ1) is 14.5. The predicted molar refractivity (Wildman–Crippen MR) is 120 cm³/mol. The van der Waals surface area contributed by atoms with Crippen molar-refractivity contribution in [2.45, 2.75) is 58.7 Å². The molecule has 3 aromatic rings. The zero-order chi connectivity index (χ0) is 21.0. The maximum Gasteiger partial charge on any atom is 0.129 e. The van der Waals surface area contributed by atoms with E-state index in [1.165, 1.54) is 24.8 Å². The smallest absolute Gasteiger partial charge is 0.129 e. The van der Waals surface area contributed by atoms with Crippen LogP contribution in [0.1, 0.15) is 54.6 Å². The van der Waals surface area contributed by atoms with Crippen molar-refractivity contribution in [1.82, 2.24) is 19.7 Å². The molecule has 1 aromatic carbocycles. The molecule has 30 heavy (non-hydrogen) atoms. The van der Waals surface area contributed by atoms with Crippen LogP contribution in [0, 0.1) is 13.8 Å². The lowest BCUT2D eigenvalue weighted by Gasteiger charge is -2.36.